The summed E-state index contributed by atoms with van der Waals surface area (Å²) in [5.41, 5.74) is 2.87. The second kappa shape index (κ2) is 6.54. The van der Waals surface area contributed by atoms with Crippen LogP contribution in [0.25, 0.3) is 0 Å². The minimum atomic E-state index is 0.688. The van der Waals surface area contributed by atoms with Gasteiger partial charge in [0.15, 0.2) is 0 Å². The zero-order valence-corrected chi connectivity index (χ0v) is 9.96. The lowest BCUT2D eigenvalue weighted by atomic mass is 10.3. The van der Waals surface area contributed by atoms with E-state index >= 15 is 0 Å². The molecule has 1 fully saturated rings. The summed E-state index contributed by atoms with van der Waals surface area (Å²) in [6.07, 6.45) is 1.23. The molecule has 86 valence electrons. The average Bonchev–Trinajstić information content (AvgIpc) is 2.28. The summed E-state index contributed by atoms with van der Waals surface area (Å²) in [4.78, 5) is 4.71. The predicted molar refractivity (Wildman–Crippen MR) is 62.6 cm³/mol. The van der Waals surface area contributed by atoms with Crippen LogP contribution in [0.15, 0.2) is 18.2 Å². The van der Waals surface area contributed by atoms with Crippen molar-refractivity contribution in [1.29, 1.82) is 0 Å². The van der Waals surface area contributed by atoms with E-state index in [0.717, 1.165) is 32.1 Å². The van der Waals surface area contributed by atoms with Gasteiger partial charge in [-0.1, -0.05) is 19.2 Å². The zero-order chi connectivity index (χ0) is 11.1. The molecular formula is C12H22N2O. The number of hydrogen-bond donors (Lipinski definition) is 0. The van der Waals surface area contributed by atoms with E-state index in [4.69, 9.17) is 4.74 Å². The van der Waals surface area contributed by atoms with Crippen LogP contribution in [0.4, 0.5) is 0 Å². The summed E-state index contributed by atoms with van der Waals surface area (Å²) < 4.78 is 5.48. The quantitative estimate of drug-likeness (QED) is 0.507. The molecule has 0 spiro atoms. The average molecular weight is 210 g/mol. The van der Waals surface area contributed by atoms with E-state index in [-0.39, 0.29) is 0 Å². The van der Waals surface area contributed by atoms with E-state index in [2.05, 4.69) is 29.0 Å². The first-order valence-corrected chi connectivity index (χ1v) is 5.82. The van der Waals surface area contributed by atoms with Gasteiger partial charge in [-0.25, -0.2) is 0 Å². The van der Waals surface area contributed by atoms with Gasteiger partial charge in [0.1, 0.15) is 0 Å². The van der Waals surface area contributed by atoms with Gasteiger partial charge in [0, 0.05) is 26.2 Å². The smallest absolute Gasteiger partial charge is 0.235 e. The summed E-state index contributed by atoms with van der Waals surface area (Å²) in [6, 6.07) is 0. The SMILES string of the molecule is C=C=C(OCC)N1CCN(CCC)CC1. The van der Waals surface area contributed by atoms with E-state index in [0.29, 0.717) is 6.61 Å². The molecule has 1 rings (SSSR count). The summed E-state index contributed by atoms with van der Waals surface area (Å²) in [5.74, 6) is 0.814. The number of hydrogen-bond acceptors (Lipinski definition) is 3. The van der Waals surface area contributed by atoms with E-state index in [1.807, 2.05) is 6.92 Å². The fraction of sp³-hybridized carbons (Fsp3) is 0.750. The first-order valence-electron chi connectivity index (χ1n) is 5.82. The van der Waals surface area contributed by atoms with Gasteiger partial charge in [0.2, 0.25) is 5.88 Å². The normalized spacial score (nSPS) is 17.3. The summed E-state index contributed by atoms with van der Waals surface area (Å²) in [7, 11) is 0. The number of nitrogens with zero attached hydrogens (tertiary/aromatic N) is 2. The van der Waals surface area contributed by atoms with Crippen molar-refractivity contribution in [1.82, 2.24) is 9.80 Å². The second-order valence-corrected chi connectivity index (χ2v) is 3.74. The fourth-order valence-corrected chi connectivity index (χ4v) is 1.88. The molecule has 15 heavy (non-hydrogen) atoms. The topological polar surface area (TPSA) is 15.7 Å². The van der Waals surface area contributed by atoms with E-state index in [9.17, 15) is 0 Å². The molecule has 0 amide bonds. The molecule has 0 bridgehead atoms. The third-order valence-electron chi connectivity index (χ3n) is 2.63. The van der Waals surface area contributed by atoms with E-state index < -0.39 is 0 Å². The van der Waals surface area contributed by atoms with Gasteiger partial charge in [0.25, 0.3) is 0 Å². The third-order valence-corrected chi connectivity index (χ3v) is 2.63. The van der Waals surface area contributed by atoms with Crippen LogP contribution in [0, 0.1) is 0 Å². The third kappa shape index (κ3) is 3.61. The lowest BCUT2D eigenvalue weighted by Crippen LogP contribution is -2.46. The van der Waals surface area contributed by atoms with Crippen LogP contribution in [-0.4, -0.2) is 49.1 Å². The van der Waals surface area contributed by atoms with Gasteiger partial charge in [-0.3, -0.25) is 4.90 Å². The van der Waals surface area contributed by atoms with Crippen LogP contribution in [0.1, 0.15) is 20.3 Å². The minimum absolute atomic E-state index is 0.688. The molecule has 1 saturated heterocycles. The molecule has 0 radical (unpaired) electrons. The molecule has 1 heterocycles. The molecule has 0 aromatic rings. The Labute approximate surface area is 93.0 Å². The van der Waals surface area contributed by atoms with Crippen molar-refractivity contribution in [3.05, 3.63) is 18.2 Å². The Hall–Kier alpha value is -0.920. The molecule has 1 aliphatic rings. The van der Waals surface area contributed by atoms with Gasteiger partial charge in [-0.15, -0.1) is 0 Å². The van der Waals surface area contributed by atoms with Crippen molar-refractivity contribution in [2.75, 3.05) is 39.3 Å². The van der Waals surface area contributed by atoms with Crippen LogP contribution in [0.3, 0.4) is 0 Å². The van der Waals surface area contributed by atoms with Crippen molar-refractivity contribution >= 4 is 0 Å². The van der Waals surface area contributed by atoms with E-state index in [1.165, 1.54) is 13.0 Å². The molecule has 3 heteroatoms. The molecule has 3 nitrogen and oxygen atoms in total. The van der Waals surface area contributed by atoms with Gasteiger partial charge in [-0.05, 0) is 19.9 Å². The van der Waals surface area contributed by atoms with Gasteiger partial charge >= 0.3 is 0 Å². The van der Waals surface area contributed by atoms with Crippen molar-refractivity contribution in [3.63, 3.8) is 0 Å². The molecular weight excluding hydrogens is 188 g/mol. The Morgan fingerprint density at radius 1 is 1.27 bits per heavy atom. The highest BCUT2D eigenvalue weighted by atomic mass is 16.5. The Kier molecular flexibility index (Phi) is 5.30. The molecule has 1 aliphatic heterocycles. The van der Waals surface area contributed by atoms with Crippen molar-refractivity contribution in [2.45, 2.75) is 20.3 Å². The standard InChI is InChI=1S/C12H22N2O/c1-4-7-13-8-10-14(11-9-13)12(5-2)15-6-3/h2,4,6-11H2,1,3H3. The monoisotopic (exact) mass is 210 g/mol. The van der Waals surface area contributed by atoms with Gasteiger partial charge in [-0.2, -0.15) is 0 Å². The van der Waals surface area contributed by atoms with Crippen LogP contribution in [0.5, 0.6) is 0 Å². The lowest BCUT2D eigenvalue weighted by molar-refractivity contribution is 0.0765. The maximum atomic E-state index is 5.48. The zero-order valence-electron chi connectivity index (χ0n) is 9.96. The van der Waals surface area contributed by atoms with Crippen molar-refractivity contribution in [3.8, 4) is 0 Å². The Bertz CT molecular complexity index is 226. The lowest BCUT2D eigenvalue weighted by Gasteiger charge is -2.35. The first kappa shape index (κ1) is 12.2. The molecule has 0 aromatic carbocycles. The molecule has 0 saturated carbocycles. The summed E-state index contributed by atoms with van der Waals surface area (Å²) in [6.45, 7) is 14.1. The number of ether oxygens (including phenoxy) is 1. The minimum Gasteiger partial charge on any atom is -0.474 e. The number of rotatable bonds is 5. The highest BCUT2D eigenvalue weighted by Gasteiger charge is 2.18. The molecule has 0 atom stereocenters. The largest absolute Gasteiger partial charge is 0.474 e. The summed E-state index contributed by atoms with van der Waals surface area (Å²) in [5, 5.41) is 0. The molecule has 0 N–H and O–H groups in total. The Morgan fingerprint density at radius 2 is 1.93 bits per heavy atom. The van der Waals surface area contributed by atoms with Crippen LogP contribution in [-0.2, 0) is 4.74 Å². The predicted octanol–water partition coefficient (Wildman–Crippen LogP) is 1.68. The first-order chi connectivity index (χ1) is 7.31. The van der Waals surface area contributed by atoms with Crippen LogP contribution < -0.4 is 0 Å². The molecule has 0 aromatic heterocycles. The van der Waals surface area contributed by atoms with Gasteiger partial charge in [0.05, 0.1) is 6.61 Å². The maximum Gasteiger partial charge on any atom is 0.235 e. The highest BCUT2D eigenvalue weighted by Crippen LogP contribution is 2.09. The Balaban J connectivity index is 2.39. The fourth-order valence-electron chi connectivity index (χ4n) is 1.88. The molecule has 0 unspecified atom stereocenters. The highest BCUT2D eigenvalue weighted by molar-refractivity contribution is 4.92. The number of piperazine rings is 1. The van der Waals surface area contributed by atoms with Crippen LogP contribution in [0.2, 0.25) is 0 Å². The van der Waals surface area contributed by atoms with Crippen molar-refractivity contribution < 1.29 is 4.74 Å². The van der Waals surface area contributed by atoms with Crippen LogP contribution >= 0.6 is 0 Å². The maximum absolute atomic E-state index is 5.48. The molecule has 0 aliphatic carbocycles. The summed E-state index contributed by atoms with van der Waals surface area (Å²) >= 11 is 0. The Morgan fingerprint density at radius 3 is 2.40 bits per heavy atom. The van der Waals surface area contributed by atoms with Gasteiger partial charge < -0.3 is 9.64 Å². The van der Waals surface area contributed by atoms with E-state index in [1.54, 1.807) is 0 Å². The van der Waals surface area contributed by atoms with Crippen molar-refractivity contribution in [2.24, 2.45) is 0 Å². The second-order valence-electron chi connectivity index (χ2n) is 3.74.